The summed E-state index contributed by atoms with van der Waals surface area (Å²) in [6, 6.07) is 11.7. The van der Waals surface area contributed by atoms with Gasteiger partial charge in [-0.15, -0.1) is 0 Å². The first-order valence-corrected chi connectivity index (χ1v) is 9.17. The molecule has 0 aliphatic carbocycles. The van der Waals surface area contributed by atoms with Crippen LogP contribution >= 0.6 is 0 Å². The molecule has 1 saturated heterocycles. The normalized spacial score (nSPS) is 18.1. The van der Waals surface area contributed by atoms with Crippen molar-refractivity contribution in [1.29, 1.82) is 0 Å². The quantitative estimate of drug-likeness (QED) is 0.695. The van der Waals surface area contributed by atoms with Gasteiger partial charge in [0.15, 0.2) is 0 Å². The fraction of sp³-hybridized carbons (Fsp3) is 0.381. The Balaban J connectivity index is 1.73. The highest BCUT2D eigenvalue weighted by Crippen LogP contribution is 2.33. The lowest BCUT2D eigenvalue weighted by Crippen LogP contribution is -2.35. The van der Waals surface area contributed by atoms with Crippen molar-refractivity contribution in [3.63, 3.8) is 0 Å². The highest BCUT2D eigenvalue weighted by Gasteiger charge is 2.30. The van der Waals surface area contributed by atoms with Gasteiger partial charge in [-0.3, -0.25) is 4.79 Å². The molecule has 0 spiro atoms. The molecular formula is C21H24N2O3. The number of aryl methyl sites for hydroxylation is 1. The van der Waals surface area contributed by atoms with Gasteiger partial charge in [0, 0.05) is 24.5 Å². The SMILES string of the molecule is COc1ccc2c(c1)cc(C(=O)N1CCCCC[C@H]1c1ccco1)n2C. The minimum absolute atomic E-state index is 0.00699. The van der Waals surface area contributed by atoms with Crippen LogP contribution in [0.4, 0.5) is 0 Å². The zero-order valence-electron chi connectivity index (χ0n) is 15.3. The Morgan fingerprint density at radius 3 is 2.85 bits per heavy atom. The van der Waals surface area contributed by atoms with E-state index in [2.05, 4.69) is 0 Å². The van der Waals surface area contributed by atoms with Gasteiger partial charge in [-0.1, -0.05) is 12.8 Å². The number of hydrogen-bond donors (Lipinski definition) is 0. The first-order valence-electron chi connectivity index (χ1n) is 9.17. The van der Waals surface area contributed by atoms with Crippen molar-refractivity contribution < 1.29 is 13.9 Å². The third kappa shape index (κ3) is 2.87. The molecule has 1 fully saturated rings. The van der Waals surface area contributed by atoms with Crippen LogP contribution in [0.25, 0.3) is 10.9 Å². The lowest BCUT2D eigenvalue weighted by molar-refractivity contribution is 0.0649. The van der Waals surface area contributed by atoms with Crippen LogP contribution in [0.15, 0.2) is 47.1 Å². The summed E-state index contributed by atoms with van der Waals surface area (Å²) in [5, 5.41) is 1.01. The smallest absolute Gasteiger partial charge is 0.271 e. The number of amides is 1. The molecule has 0 unspecified atom stereocenters. The van der Waals surface area contributed by atoms with E-state index < -0.39 is 0 Å². The van der Waals surface area contributed by atoms with E-state index in [-0.39, 0.29) is 11.9 Å². The molecule has 0 radical (unpaired) electrons. The maximum Gasteiger partial charge on any atom is 0.271 e. The molecule has 26 heavy (non-hydrogen) atoms. The lowest BCUT2D eigenvalue weighted by Gasteiger charge is -2.28. The zero-order valence-corrected chi connectivity index (χ0v) is 15.3. The number of benzene rings is 1. The van der Waals surface area contributed by atoms with E-state index in [9.17, 15) is 4.79 Å². The summed E-state index contributed by atoms with van der Waals surface area (Å²) in [4.78, 5) is 15.4. The first-order chi connectivity index (χ1) is 12.7. The average Bonchev–Trinajstić information content (AvgIpc) is 3.23. The van der Waals surface area contributed by atoms with Crippen LogP contribution in [-0.2, 0) is 7.05 Å². The number of likely N-dealkylation sites (tertiary alicyclic amines) is 1. The molecule has 2 aromatic heterocycles. The van der Waals surface area contributed by atoms with E-state index in [1.54, 1.807) is 13.4 Å². The Labute approximate surface area is 153 Å². The van der Waals surface area contributed by atoms with Crippen LogP contribution in [0.1, 0.15) is 48.0 Å². The molecule has 1 atom stereocenters. The van der Waals surface area contributed by atoms with Crippen molar-refractivity contribution in [2.24, 2.45) is 7.05 Å². The standard InChI is InChI=1S/C21H24N2O3/c1-22-17-10-9-16(25-2)13-15(17)14-19(22)21(24)23-11-5-3-4-7-18(23)20-8-6-12-26-20/h6,8-10,12-14,18H,3-5,7,11H2,1-2H3/t18-/m0/s1. The van der Waals surface area contributed by atoms with Gasteiger partial charge >= 0.3 is 0 Å². The summed E-state index contributed by atoms with van der Waals surface area (Å²) >= 11 is 0. The third-order valence-corrected chi connectivity index (χ3v) is 5.35. The fourth-order valence-corrected chi connectivity index (χ4v) is 3.93. The van der Waals surface area contributed by atoms with Gasteiger partial charge in [0.1, 0.15) is 17.2 Å². The number of carbonyl (C=O) groups excluding carboxylic acids is 1. The second-order valence-corrected chi connectivity index (χ2v) is 6.89. The number of methoxy groups -OCH3 is 1. The van der Waals surface area contributed by atoms with Gasteiger partial charge in [0.05, 0.1) is 19.4 Å². The van der Waals surface area contributed by atoms with Gasteiger partial charge in [-0.05, 0) is 49.2 Å². The molecule has 1 aliphatic rings. The van der Waals surface area contributed by atoms with Crippen molar-refractivity contribution in [2.45, 2.75) is 31.7 Å². The van der Waals surface area contributed by atoms with Gasteiger partial charge in [-0.25, -0.2) is 0 Å². The summed E-state index contributed by atoms with van der Waals surface area (Å²) < 4.78 is 12.9. The van der Waals surface area contributed by atoms with Crippen molar-refractivity contribution >= 4 is 16.8 Å². The number of rotatable bonds is 3. The molecule has 3 heterocycles. The topological polar surface area (TPSA) is 47.6 Å². The lowest BCUT2D eigenvalue weighted by atomic mass is 10.1. The Bertz CT molecular complexity index is 911. The fourth-order valence-electron chi connectivity index (χ4n) is 3.93. The highest BCUT2D eigenvalue weighted by molar-refractivity contribution is 5.99. The molecule has 0 bridgehead atoms. The second-order valence-electron chi connectivity index (χ2n) is 6.89. The predicted molar refractivity (Wildman–Crippen MR) is 100 cm³/mol. The summed E-state index contributed by atoms with van der Waals surface area (Å²) in [5.41, 5.74) is 1.73. The summed E-state index contributed by atoms with van der Waals surface area (Å²) in [6.07, 6.45) is 5.92. The van der Waals surface area contributed by atoms with Crippen LogP contribution in [-0.4, -0.2) is 29.0 Å². The van der Waals surface area contributed by atoms with Crippen LogP contribution < -0.4 is 4.74 Å². The molecular weight excluding hydrogens is 328 g/mol. The summed E-state index contributed by atoms with van der Waals surface area (Å²) in [7, 11) is 3.60. The van der Waals surface area contributed by atoms with Gasteiger partial charge in [0.25, 0.3) is 5.91 Å². The first kappa shape index (κ1) is 16.8. The van der Waals surface area contributed by atoms with Crippen LogP contribution in [0.5, 0.6) is 5.75 Å². The number of ether oxygens (including phenoxy) is 1. The third-order valence-electron chi connectivity index (χ3n) is 5.35. The van der Waals surface area contributed by atoms with Crippen molar-refractivity contribution in [3.05, 3.63) is 54.1 Å². The molecule has 0 N–H and O–H groups in total. The predicted octanol–water partition coefficient (Wildman–Crippen LogP) is 4.54. The highest BCUT2D eigenvalue weighted by atomic mass is 16.5. The number of carbonyl (C=O) groups is 1. The average molecular weight is 352 g/mol. The maximum absolute atomic E-state index is 13.4. The van der Waals surface area contributed by atoms with E-state index in [0.29, 0.717) is 5.69 Å². The van der Waals surface area contributed by atoms with E-state index in [1.807, 2.05) is 52.9 Å². The molecule has 4 rings (SSSR count). The number of hydrogen-bond acceptors (Lipinski definition) is 3. The minimum Gasteiger partial charge on any atom is -0.497 e. The molecule has 5 nitrogen and oxygen atoms in total. The monoisotopic (exact) mass is 352 g/mol. The Hall–Kier alpha value is -2.69. The van der Waals surface area contributed by atoms with Crippen LogP contribution in [0, 0.1) is 0 Å². The Morgan fingerprint density at radius 2 is 2.08 bits per heavy atom. The number of aromatic nitrogens is 1. The zero-order chi connectivity index (χ0) is 18.1. The Kier molecular flexibility index (Phi) is 4.45. The Morgan fingerprint density at radius 1 is 1.19 bits per heavy atom. The van der Waals surface area contributed by atoms with Gasteiger partial charge in [-0.2, -0.15) is 0 Å². The molecule has 5 heteroatoms. The van der Waals surface area contributed by atoms with Crippen LogP contribution in [0.3, 0.4) is 0 Å². The molecule has 136 valence electrons. The van der Waals surface area contributed by atoms with Crippen LogP contribution in [0.2, 0.25) is 0 Å². The van der Waals surface area contributed by atoms with Crippen molar-refractivity contribution in [3.8, 4) is 5.75 Å². The van der Waals surface area contributed by atoms with Gasteiger partial charge < -0.3 is 18.6 Å². The van der Waals surface area contributed by atoms with E-state index >= 15 is 0 Å². The molecule has 1 amide bonds. The molecule has 1 aromatic carbocycles. The number of fused-ring (bicyclic) bond motifs is 1. The minimum atomic E-state index is 0.00699. The second kappa shape index (κ2) is 6.90. The molecule has 1 aliphatic heterocycles. The largest absolute Gasteiger partial charge is 0.497 e. The van der Waals surface area contributed by atoms with Crippen molar-refractivity contribution in [1.82, 2.24) is 9.47 Å². The van der Waals surface area contributed by atoms with Gasteiger partial charge in [0.2, 0.25) is 0 Å². The summed E-state index contributed by atoms with van der Waals surface area (Å²) in [6.45, 7) is 0.759. The number of furan rings is 1. The maximum atomic E-state index is 13.4. The van der Waals surface area contributed by atoms with E-state index in [0.717, 1.165) is 54.6 Å². The molecule has 0 saturated carbocycles. The summed E-state index contributed by atoms with van der Waals surface area (Å²) in [5.74, 6) is 1.73. The number of nitrogens with zero attached hydrogens (tertiary/aromatic N) is 2. The van der Waals surface area contributed by atoms with Crippen molar-refractivity contribution in [2.75, 3.05) is 13.7 Å². The van der Waals surface area contributed by atoms with E-state index in [1.165, 1.54) is 0 Å². The molecule has 3 aromatic rings. The van der Waals surface area contributed by atoms with E-state index in [4.69, 9.17) is 9.15 Å².